The number of carbonyl (C=O) groups is 2. The Hall–Kier alpha value is -3.75. The number of rotatable bonds is 9. The van der Waals surface area contributed by atoms with Crippen molar-refractivity contribution in [1.29, 1.82) is 0 Å². The van der Waals surface area contributed by atoms with Crippen LogP contribution >= 0.6 is 11.6 Å². The van der Waals surface area contributed by atoms with Crippen molar-refractivity contribution in [1.82, 2.24) is 9.80 Å². The lowest BCUT2D eigenvalue weighted by Crippen LogP contribution is -2.41. The van der Waals surface area contributed by atoms with Crippen LogP contribution in [0.1, 0.15) is 62.3 Å². The van der Waals surface area contributed by atoms with Crippen molar-refractivity contribution >= 4 is 34.8 Å². The van der Waals surface area contributed by atoms with Crippen molar-refractivity contribution in [2.45, 2.75) is 64.1 Å². The molecule has 0 radical (unpaired) electrons. The van der Waals surface area contributed by atoms with E-state index in [1.54, 1.807) is 7.11 Å². The minimum absolute atomic E-state index is 0.0239. The number of likely N-dealkylation sites (N-methyl/N-ethyl adjacent to an activating group) is 1. The zero-order chi connectivity index (χ0) is 32.5. The Bertz CT molecular complexity index is 1550. The summed E-state index contributed by atoms with van der Waals surface area (Å²) in [6.07, 6.45) is 4.85. The first-order valence-corrected chi connectivity index (χ1v) is 16.7. The molecule has 1 atom stereocenters. The van der Waals surface area contributed by atoms with Crippen molar-refractivity contribution in [3.8, 4) is 11.5 Å². The van der Waals surface area contributed by atoms with E-state index in [4.69, 9.17) is 21.1 Å². The van der Waals surface area contributed by atoms with Gasteiger partial charge >= 0.3 is 0 Å². The summed E-state index contributed by atoms with van der Waals surface area (Å²) < 4.78 is 11.8. The highest BCUT2D eigenvalue weighted by Gasteiger charge is 2.37. The lowest BCUT2D eigenvalue weighted by atomic mass is 9.85. The van der Waals surface area contributed by atoms with Crippen LogP contribution in [0.2, 0.25) is 5.02 Å². The van der Waals surface area contributed by atoms with Crippen LogP contribution in [0, 0.1) is 5.92 Å². The van der Waals surface area contributed by atoms with Gasteiger partial charge in [0.2, 0.25) is 11.8 Å². The normalized spacial score (nSPS) is 21.9. The van der Waals surface area contributed by atoms with Crippen molar-refractivity contribution in [2.75, 3.05) is 50.8 Å². The van der Waals surface area contributed by atoms with E-state index < -0.39 is 0 Å². The molecule has 244 valence electrons. The van der Waals surface area contributed by atoms with Crippen molar-refractivity contribution < 1.29 is 19.1 Å². The molecule has 0 bridgehead atoms. The Morgan fingerprint density at radius 3 is 2.24 bits per heavy atom. The van der Waals surface area contributed by atoms with Gasteiger partial charge in [0.15, 0.2) is 11.5 Å². The molecule has 1 aliphatic carbocycles. The molecule has 0 unspecified atom stereocenters. The third-order valence-electron chi connectivity index (χ3n) is 9.73. The third kappa shape index (κ3) is 6.69. The molecule has 0 aromatic heterocycles. The fourth-order valence-electron chi connectivity index (χ4n) is 7.32. The van der Waals surface area contributed by atoms with Gasteiger partial charge in [-0.25, -0.2) is 0 Å². The van der Waals surface area contributed by atoms with Gasteiger partial charge < -0.3 is 24.2 Å². The summed E-state index contributed by atoms with van der Waals surface area (Å²) in [5.74, 6) is 2.16. The van der Waals surface area contributed by atoms with Crippen molar-refractivity contribution in [3.05, 3.63) is 82.4 Å². The first kappa shape index (κ1) is 32.2. The quantitative estimate of drug-likeness (QED) is 0.264. The van der Waals surface area contributed by atoms with Crippen LogP contribution < -0.4 is 19.3 Å². The molecule has 3 aromatic carbocycles. The molecule has 2 heterocycles. The lowest BCUT2D eigenvalue weighted by Gasteiger charge is -2.38. The van der Waals surface area contributed by atoms with Crippen LogP contribution in [0.3, 0.4) is 0 Å². The van der Waals surface area contributed by atoms with E-state index in [1.165, 1.54) is 12.8 Å². The molecule has 2 fully saturated rings. The fraction of sp³-hybridized carbons (Fsp3) is 0.459. The maximum atomic E-state index is 13.9. The molecule has 0 spiro atoms. The molecule has 8 nitrogen and oxygen atoms in total. The van der Waals surface area contributed by atoms with Crippen LogP contribution in [0.25, 0.3) is 0 Å². The van der Waals surface area contributed by atoms with Gasteiger partial charge in [0.05, 0.1) is 38.9 Å². The first-order valence-electron chi connectivity index (χ1n) is 16.4. The second kappa shape index (κ2) is 13.5. The number of halogens is 1. The van der Waals surface area contributed by atoms with Gasteiger partial charge in [-0.05, 0) is 111 Å². The molecule has 6 rings (SSSR count). The van der Waals surface area contributed by atoms with Crippen LogP contribution in [0.4, 0.5) is 11.4 Å². The number of amides is 2. The average molecular weight is 645 g/mol. The summed E-state index contributed by atoms with van der Waals surface area (Å²) in [4.78, 5) is 34.3. The largest absolute Gasteiger partial charge is 0.493 e. The Balaban J connectivity index is 1.21. The van der Waals surface area contributed by atoms with Crippen molar-refractivity contribution in [3.63, 3.8) is 0 Å². The molecule has 0 N–H and O–H groups in total. The van der Waals surface area contributed by atoms with E-state index in [2.05, 4.69) is 41.1 Å². The van der Waals surface area contributed by atoms with Crippen LogP contribution in [0.15, 0.2) is 60.7 Å². The number of ether oxygens (including phenoxy) is 2. The zero-order valence-electron chi connectivity index (χ0n) is 27.5. The Labute approximate surface area is 277 Å². The van der Waals surface area contributed by atoms with Crippen molar-refractivity contribution in [2.24, 2.45) is 5.92 Å². The van der Waals surface area contributed by atoms with E-state index >= 15 is 0 Å². The third-order valence-corrected chi connectivity index (χ3v) is 9.98. The molecule has 46 heavy (non-hydrogen) atoms. The van der Waals surface area contributed by atoms with Crippen LogP contribution in [-0.4, -0.2) is 74.7 Å². The number of benzene rings is 3. The van der Waals surface area contributed by atoms with E-state index in [9.17, 15) is 9.59 Å². The zero-order valence-corrected chi connectivity index (χ0v) is 28.3. The molecule has 2 aliphatic heterocycles. The highest BCUT2D eigenvalue weighted by molar-refractivity contribution is 6.30. The number of anilines is 2. The van der Waals surface area contributed by atoms with Crippen LogP contribution in [0.5, 0.6) is 11.5 Å². The van der Waals surface area contributed by atoms with Gasteiger partial charge in [-0.15, -0.1) is 0 Å². The summed E-state index contributed by atoms with van der Waals surface area (Å²) >= 11 is 6.28. The summed E-state index contributed by atoms with van der Waals surface area (Å²) in [5.41, 5.74) is 4.90. The minimum Gasteiger partial charge on any atom is -0.493 e. The fourth-order valence-corrected chi connectivity index (χ4v) is 7.45. The second-order valence-corrected chi connectivity index (χ2v) is 13.8. The summed E-state index contributed by atoms with van der Waals surface area (Å²) in [6, 6.07) is 20.2. The molecular weight excluding hydrogens is 600 g/mol. The van der Waals surface area contributed by atoms with Gasteiger partial charge in [0, 0.05) is 43.1 Å². The first-order chi connectivity index (χ1) is 22.1. The van der Waals surface area contributed by atoms with E-state index in [0.29, 0.717) is 35.0 Å². The Morgan fingerprint density at radius 2 is 1.63 bits per heavy atom. The number of nitrogens with zero attached hydrogens (tertiary/aromatic N) is 4. The maximum Gasteiger partial charge on any atom is 0.237 e. The SMILES string of the molecule is COc1cc2c(cc1OC(C)C)[C@H](c1ccc(Cl)cc1)N(c1ccc(N(C)CC3CCC(N4CC(=O)N(C)C4)CC3)cc1)C(=O)C2. The molecule has 2 amide bonds. The average Bonchev–Trinajstić information content (AvgIpc) is 3.38. The monoisotopic (exact) mass is 644 g/mol. The molecule has 1 saturated heterocycles. The molecule has 1 saturated carbocycles. The van der Waals surface area contributed by atoms with Crippen LogP contribution in [-0.2, 0) is 16.0 Å². The molecule has 3 aliphatic rings. The summed E-state index contributed by atoms with van der Waals surface area (Å²) in [6.45, 7) is 6.28. The summed E-state index contributed by atoms with van der Waals surface area (Å²) in [7, 11) is 5.67. The predicted octanol–water partition coefficient (Wildman–Crippen LogP) is 6.54. The van der Waals surface area contributed by atoms with E-state index in [1.807, 2.05) is 67.1 Å². The van der Waals surface area contributed by atoms with Gasteiger partial charge in [0.1, 0.15) is 0 Å². The number of hydrogen-bond donors (Lipinski definition) is 0. The maximum absolute atomic E-state index is 13.9. The lowest BCUT2D eigenvalue weighted by molar-refractivity contribution is -0.125. The molecular formula is C37H45ClN4O4. The number of hydrogen-bond acceptors (Lipinski definition) is 6. The van der Waals surface area contributed by atoms with Gasteiger partial charge in [0.25, 0.3) is 0 Å². The van der Waals surface area contributed by atoms with E-state index in [0.717, 1.165) is 54.1 Å². The topological polar surface area (TPSA) is 65.6 Å². The number of fused-ring (bicyclic) bond motifs is 1. The molecule has 9 heteroatoms. The number of methoxy groups -OCH3 is 1. The Morgan fingerprint density at radius 1 is 0.935 bits per heavy atom. The minimum atomic E-state index is -0.349. The highest BCUT2D eigenvalue weighted by Crippen LogP contribution is 2.44. The highest BCUT2D eigenvalue weighted by atomic mass is 35.5. The smallest absolute Gasteiger partial charge is 0.237 e. The second-order valence-electron chi connectivity index (χ2n) is 13.3. The molecule has 3 aromatic rings. The standard InChI is InChI=1S/C37H45ClN4O4/c1-24(2)46-34-20-32-27(18-33(34)45-5)19-35(43)42(37(32)26-8-10-28(38)11-9-26)31-16-14-29(15-17-31)39(3)21-25-6-12-30(13-7-25)41-22-36(44)40(4)23-41/h8-11,14-18,20,24-25,30,37H,6-7,12-13,19,21-23H2,1-5H3/t25?,30?,37-/m0/s1. The Kier molecular flexibility index (Phi) is 9.48. The predicted molar refractivity (Wildman–Crippen MR) is 183 cm³/mol. The van der Waals surface area contributed by atoms with Gasteiger partial charge in [-0.1, -0.05) is 23.7 Å². The van der Waals surface area contributed by atoms with Gasteiger partial charge in [-0.3, -0.25) is 14.5 Å². The summed E-state index contributed by atoms with van der Waals surface area (Å²) in [5, 5.41) is 0.649. The van der Waals surface area contributed by atoms with E-state index in [-0.39, 0.29) is 30.4 Å². The number of carbonyl (C=O) groups excluding carboxylic acids is 2. The van der Waals surface area contributed by atoms with Gasteiger partial charge in [-0.2, -0.15) is 0 Å².